The van der Waals surface area contributed by atoms with Gasteiger partial charge in [-0.25, -0.2) is 22.1 Å². The summed E-state index contributed by atoms with van der Waals surface area (Å²) in [6.07, 6.45) is 4.64. The molecular weight excluding hydrogens is 431 g/mol. The molecule has 3 aromatic rings. The van der Waals surface area contributed by atoms with Crippen LogP contribution in [-0.2, 0) is 21.2 Å². The number of carbonyl (C=O) groups excluding carboxylic acids is 1. The number of hydrogen-bond donors (Lipinski definition) is 0. The summed E-state index contributed by atoms with van der Waals surface area (Å²) in [7, 11) is -2.70. The average Bonchev–Trinajstić information content (AvgIpc) is 3.17. The van der Waals surface area contributed by atoms with Gasteiger partial charge in [-0.15, -0.1) is 11.3 Å². The maximum atomic E-state index is 14.2. The minimum absolute atomic E-state index is 0.0489. The third kappa shape index (κ3) is 4.79. The number of benzene rings is 1. The summed E-state index contributed by atoms with van der Waals surface area (Å²) in [4.78, 5) is 25.5. The third-order valence-corrected chi connectivity index (χ3v) is 6.81. The maximum Gasteiger partial charge on any atom is 0.246 e. The topological polar surface area (TPSA) is 102 Å². The smallest absolute Gasteiger partial charge is 0.246 e. The summed E-state index contributed by atoms with van der Waals surface area (Å²) in [5, 5.41) is 2.21. The summed E-state index contributed by atoms with van der Waals surface area (Å²) in [6, 6.07) is 3.58. The molecule has 8 nitrogen and oxygen atoms in total. The molecule has 1 amide bonds. The molecule has 0 aliphatic carbocycles. The Morgan fingerprint density at radius 1 is 1.30 bits per heavy atom. The Morgan fingerprint density at radius 3 is 2.73 bits per heavy atom. The van der Waals surface area contributed by atoms with Gasteiger partial charge in [-0.1, -0.05) is 6.92 Å². The molecule has 0 fully saturated rings. The molecule has 30 heavy (non-hydrogen) atoms. The first-order chi connectivity index (χ1) is 14.4. The van der Waals surface area contributed by atoms with E-state index in [1.54, 1.807) is 18.5 Å². The fourth-order valence-corrected chi connectivity index (χ4v) is 5.02. The van der Waals surface area contributed by atoms with Crippen LogP contribution >= 0.6 is 11.3 Å². The Morgan fingerprint density at radius 2 is 2.10 bits per heavy atom. The second-order valence-electron chi connectivity index (χ2n) is 6.20. The second-order valence-corrected chi connectivity index (χ2v) is 9.00. The van der Waals surface area contributed by atoms with Crippen LogP contribution in [0.15, 0.2) is 42.2 Å². The predicted octanol–water partition coefficient (Wildman–Crippen LogP) is 3.06. The lowest BCUT2D eigenvalue weighted by molar-refractivity contribution is -0.116. The van der Waals surface area contributed by atoms with Gasteiger partial charge in [0.2, 0.25) is 15.9 Å². The Labute approximate surface area is 177 Å². The molecule has 3 rings (SSSR count). The summed E-state index contributed by atoms with van der Waals surface area (Å²) >= 11 is 1.27. The Kier molecular flexibility index (Phi) is 6.73. The van der Waals surface area contributed by atoms with Crippen molar-refractivity contribution < 1.29 is 22.3 Å². The number of carbonyl (C=O) groups is 1. The monoisotopic (exact) mass is 450 g/mol. The summed E-state index contributed by atoms with van der Waals surface area (Å²) in [6.45, 7) is 1.68. The Balaban J connectivity index is 1.91. The molecule has 0 N–H and O–H groups in total. The Hall–Kier alpha value is -2.92. The maximum absolute atomic E-state index is 14.2. The number of rotatable bonds is 8. The van der Waals surface area contributed by atoms with E-state index in [4.69, 9.17) is 4.74 Å². The number of nitrogens with zero attached hydrogens (tertiary/aromatic N) is 4. The first-order valence-electron chi connectivity index (χ1n) is 8.96. The standard InChI is InChI=1S/C19H19FN4O4S2/c1-3-8-30(26,27)24(14-4-5-17(28-2)15(20)10-14)18(25)9-13-12-29-19(23-13)16-11-21-6-7-22-16/h4-7,10-12H,3,8-9H2,1-2H3. The Bertz CT molecular complexity index is 1140. The van der Waals surface area contributed by atoms with Gasteiger partial charge >= 0.3 is 0 Å². The number of amides is 1. The lowest BCUT2D eigenvalue weighted by atomic mass is 10.2. The van der Waals surface area contributed by atoms with Gasteiger partial charge in [-0.3, -0.25) is 14.8 Å². The lowest BCUT2D eigenvalue weighted by Gasteiger charge is -2.22. The van der Waals surface area contributed by atoms with Gasteiger partial charge in [0.25, 0.3) is 0 Å². The molecule has 2 aromatic heterocycles. The van der Waals surface area contributed by atoms with Gasteiger partial charge in [0, 0.05) is 23.8 Å². The lowest BCUT2D eigenvalue weighted by Crippen LogP contribution is -2.39. The van der Waals surface area contributed by atoms with Crippen molar-refractivity contribution in [1.29, 1.82) is 0 Å². The van der Waals surface area contributed by atoms with E-state index in [1.807, 2.05) is 0 Å². The zero-order valence-corrected chi connectivity index (χ0v) is 17.9. The third-order valence-electron chi connectivity index (χ3n) is 4.00. The molecule has 0 spiro atoms. The average molecular weight is 451 g/mol. The van der Waals surface area contributed by atoms with Gasteiger partial charge in [0.05, 0.1) is 36.9 Å². The molecule has 0 aliphatic heterocycles. The van der Waals surface area contributed by atoms with E-state index in [9.17, 15) is 17.6 Å². The van der Waals surface area contributed by atoms with E-state index < -0.39 is 21.7 Å². The highest BCUT2D eigenvalue weighted by Crippen LogP contribution is 2.27. The van der Waals surface area contributed by atoms with Gasteiger partial charge < -0.3 is 4.74 Å². The van der Waals surface area contributed by atoms with Crippen LogP contribution in [0.2, 0.25) is 0 Å². The fourth-order valence-electron chi connectivity index (χ4n) is 2.73. The predicted molar refractivity (Wildman–Crippen MR) is 111 cm³/mol. The number of sulfonamides is 1. The summed E-state index contributed by atoms with van der Waals surface area (Å²) in [5.41, 5.74) is 0.848. The first kappa shape index (κ1) is 21.8. The first-order valence-corrected chi connectivity index (χ1v) is 11.4. The van der Waals surface area contributed by atoms with E-state index in [1.165, 1.54) is 43.0 Å². The fraction of sp³-hybridized carbons (Fsp3) is 0.263. The van der Waals surface area contributed by atoms with Crippen LogP contribution in [-0.4, -0.2) is 42.1 Å². The molecule has 0 unspecified atom stereocenters. The van der Waals surface area contributed by atoms with Crippen LogP contribution < -0.4 is 9.04 Å². The number of halogens is 1. The van der Waals surface area contributed by atoms with E-state index in [0.717, 1.165) is 6.07 Å². The molecule has 11 heteroatoms. The number of aromatic nitrogens is 3. The largest absolute Gasteiger partial charge is 0.494 e. The molecule has 0 bridgehead atoms. The normalized spacial score (nSPS) is 11.3. The van der Waals surface area contributed by atoms with Crippen molar-refractivity contribution in [3.8, 4) is 16.5 Å². The van der Waals surface area contributed by atoms with Crippen molar-refractivity contribution in [3.63, 3.8) is 0 Å². The minimum atomic E-state index is -4.00. The minimum Gasteiger partial charge on any atom is -0.494 e. The van der Waals surface area contributed by atoms with E-state index in [-0.39, 0.29) is 23.6 Å². The van der Waals surface area contributed by atoms with Crippen molar-refractivity contribution in [2.75, 3.05) is 17.2 Å². The highest BCUT2D eigenvalue weighted by Gasteiger charge is 2.30. The molecule has 158 valence electrons. The molecule has 0 atom stereocenters. The highest BCUT2D eigenvalue weighted by atomic mass is 32.2. The SMILES string of the molecule is CCCS(=O)(=O)N(C(=O)Cc1csc(-c2cnccn2)n1)c1ccc(OC)c(F)c1. The quantitative estimate of drug-likeness (QED) is 0.520. The summed E-state index contributed by atoms with van der Waals surface area (Å²) < 4.78 is 45.2. The molecule has 0 radical (unpaired) electrons. The molecule has 0 saturated heterocycles. The van der Waals surface area contributed by atoms with Crippen LogP contribution in [0, 0.1) is 5.82 Å². The van der Waals surface area contributed by atoms with Crippen molar-refractivity contribution in [2.45, 2.75) is 19.8 Å². The molecule has 1 aromatic carbocycles. The number of ether oxygens (including phenoxy) is 1. The van der Waals surface area contributed by atoms with Crippen molar-refractivity contribution in [2.24, 2.45) is 0 Å². The van der Waals surface area contributed by atoms with Gasteiger partial charge in [0.15, 0.2) is 11.6 Å². The molecular formula is C19H19FN4O4S2. The van der Waals surface area contributed by atoms with Crippen molar-refractivity contribution >= 4 is 33.0 Å². The second kappa shape index (κ2) is 9.26. The summed E-state index contributed by atoms with van der Waals surface area (Å²) in [5.74, 6) is -1.80. The van der Waals surface area contributed by atoms with Gasteiger partial charge in [-0.2, -0.15) is 0 Å². The molecule has 2 heterocycles. The van der Waals surface area contributed by atoms with E-state index in [0.29, 0.717) is 27.1 Å². The highest BCUT2D eigenvalue weighted by molar-refractivity contribution is 7.93. The van der Waals surface area contributed by atoms with Gasteiger partial charge in [-0.05, 0) is 18.6 Å². The van der Waals surface area contributed by atoms with Crippen LogP contribution in [0.3, 0.4) is 0 Å². The van der Waals surface area contributed by atoms with E-state index >= 15 is 0 Å². The van der Waals surface area contributed by atoms with Crippen LogP contribution in [0.1, 0.15) is 19.0 Å². The van der Waals surface area contributed by atoms with Crippen LogP contribution in [0.5, 0.6) is 5.75 Å². The zero-order chi connectivity index (χ0) is 21.7. The van der Waals surface area contributed by atoms with Crippen LogP contribution in [0.4, 0.5) is 10.1 Å². The number of methoxy groups -OCH3 is 1. The van der Waals surface area contributed by atoms with Crippen molar-refractivity contribution in [1.82, 2.24) is 15.0 Å². The van der Waals surface area contributed by atoms with Crippen LogP contribution in [0.25, 0.3) is 10.7 Å². The van der Waals surface area contributed by atoms with Gasteiger partial charge in [0.1, 0.15) is 10.7 Å². The number of hydrogen-bond acceptors (Lipinski definition) is 8. The molecule has 0 aliphatic rings. The van der Waals surface area contributed by atoms with Crippen molar-refractivity contribution in [3.05, 3.63) is 53.7 Å². The number of anilines is 1. The zero-order valence-electron chi connectivity index (χ0n) is 16.3. The number of thiazole rings is 1. The van der Waals surface area contributed by atoms with E-state index in [2.05, 4.69) is 15.0 Å². The molecule has 0 saturated carbocycles.